The highest BCUT2D eigenvalue weighted by Gasteiger charge is 2.34. The van der Waals surface area contributed by atoms with Gasteiger partial charge in [0.2, 0.25) is 5.91 Å². The minimum Gasteiger partial charge on any atom is -0.347 e. The van der Waals surface area contributed by atoms with Crippen molar-refractivity contribution in [3.8, 4) is 0 Å². The number of sulfone groups is 1. The van der Waals surface area contributed by atoms with Crippen molar-refractivity contribution in [3.05, 3.63) is 29.3 Å². The van der Waals surface area contributed by atoms with Crippen molar-refractivity contribution < 1.29 is 18.0 Å². The smallest absolute Gasteiger partial charge is 0.251 e. The predicted octanol–water partition coefficient (Wildman–Crippen LogP) is 0.878. The fraction of sp³-hybridized carbons (Fsp3) is 0.467. The predicted molar refractivity (Wildman–Crippen MR) is 82.5 cm³/mol. The molecule has 22 heavy (non-hydrogen) atoms. The first-order valence-electron chi connectivity index (χ1n) is 7.22. The first kappa shape index (κ1) is 15.0. The van der Waals surface area contributed by atoms with Gasteiger partial charge in [0.25, 0.3) is 5.91 Å². The van der Waals surface area contributed by atoms with Crippen molar-refractivity contribution in [2.24, 2.45) is 0 Å². The molecular formula is C15H18N2O4S. The van der Waals surface area contributed by atoms with Crippen LogP contribution in [0.5, 0.6) is 0 Å². The van der Waals surface area contributed by atoms with Gasteiger partial charge in [0.1, 0.15) is 9.84 Å². The number of rotatable bonds is 2. The normalized spacial score (nSPS) is 21.8. The largest absolute Gasteiger partial charge is 0.347 e. The molecule has 118 valence electrons. The summed E-state index contributed by atoms with van der Waals surface area (Å²) in [5, 5.41) is 5.67. The molecule has 0 aromatic heterocycles. The van der Waals surface area contributed by atoms with Gasteiger partial charge in [-0.3, -0.25) is 9.59 Å². The lowest BCUT2D eigenvalue weighted by molar-refractivity contribution is -0.115. The highest BCUT2D eigenvalue weighted by molar-refractivity contribution is 7.91. The summed E-state index contributed by atoms with van der Waals surface area (Å²) >= 11 is 0. The zero-order valence-corrected chi connectivity index (χ0v) is 13.1. The maximum absolute atomic E-state index is 12.4. The Kier molecular flexibility index (Phi) is 3.47. The van der Waals surface area contributed by atoms with Crippen LogP contribution in [0.4, 0.5) is 5.69 Å². The van der Waals surface area contributed by atoms with E-state index in [-0.39, 0.29) is 29.7 Å². The van der Waals surface area contributed by atoms with E-state index in [0.717, 1.165) is 11.3 Å². The number of fused-ring (bicyclic) bond motifs is 1. The lowest BCUT2D eigenvalue weighted by Gasteiger charge is -2.34. The molecule has 0 aliphatic carbocycles. The molecule has 0 spiro atoms. The van der Waals surface area contributed by atoms with E-state index in [9.17, 15) is 18.0 Å². The lowest BCUT2D eigenvalue weighted by atomic mass is 9.94. The number of carbonyl (C=O) groups is 2. The summed E-state index contributed by atoms with van der Waals surface area (Å²) in [6.07, 6.45) is 1.13. The standard InChI is InChI=1S/C15H18N2O4S/c1-15(4-6-22(20,21)7-5-15)17-14(19)10-2-3-12-11(8-10)9-13(18)16-12/h2-3,8H,4-7,9H2,1H3,(H,16,18)(H,17,19). The Morgan fingerprint density at radius 2 is 1.95 bits per heavy atom. The van der Waals surface area contributed by atoms with Crippen molar-refractivity contribution in [1.82, 2.24) is 5.32 Å². The van der Waals surface area contributed by atoms with Crippen LogP contribution >= 0.6 is 0 Å². The van der Waals surface area contributed by atoms with Gasteiger partial charge in [-0.05, 0) is 43.5 Å². The van der Waals surface area contributed by atoms with E-state index in [1.165, 1.54) is 0 Å². The van der Waals surface area contributed by atoms with Crippen LogP contribution < -0.4 is 10.6 Å². The third kappa shape index (κ3) is 2.99. The van der Waals surface area contributed by atoms with Crippen molar-refractivity contribution in [3.63, 3.8) is 0 Å². The number of amides is 2. The summed E-state index contributed by atoms with van der Waals surface area (Å²) in [6.45, 7) is 1.87. The van der Waals surface area contributed by atoms with E-state index in [1.807, 2.05) is 6.92 Å². The first-order valence-corrected chi connectivity index (χ1v) is 9.04. The van der Waals surface area contributed by atoms with E-state index >= 15 is 0 Å². The van der Waals surface area contributed by atoms with Crippen molar-refractivity contribution >= 4 is 27.3 Å². The zero-order chi connectivity index (χ0) is 16.0. The van der Waals surface area contributed by atoms with Crippen LogP contribution in [-0.2, 0) is 21.1 Å². The van der Waals surface area contributed by atoms with Gasteiger partial charge in [-0.2, -0.15) is 0 Å². The second-order valence-corrected chi connectivity index (χ2v) is 8.57. The van der Waals surface area contributed by atoms with Crippen molar-refractivity contribution in [2.45, 2.75) is 31.7 Å². The highest BCUT2D eigenvalue weighted by atomic mass is 32.2. The van der Waals surface area contributed by atoms with Crippen LogP contribution in [0.15, 0.2) is 18.2 Å². The Labute approximate surface area is 129 Å². The van der Waals surface area contributed by atoms with E-state index in [0.29, 0.717) is 18.4 Å². The molecule has 2 N–H and O–H groups in total. The third-order valence-electron chi connectivity index (χ3n) is 4.34. The molecule has 2 amide bonds. The Bertz CT molecular complexity index is 741. The molecular weight excluding hydrogens is 304 g/mol. The molecule has 7 heteroatoms. The quantitative estimate of drug-likeness (QED) is 0.845. The SMILES string of the molecule is CC1(NC(=O)c2ccc3c(c2)CC(=O)N3)CCS(=O)(=O)CC1. The van der Waals surface area contributed by atoms with Gasteiger partial charge in [0, 0.05) is 16.8 Å². The van der Waals surface area contributed by atoms with Gasteiger partial charge < -0.3 is 10.6 Å². The summed E-state index contributed by atoms with van der Waals surface area (Å²) in [5.74, 6) is -0.0975. The van der Waals surface area contributed by atoms with Gasteiger partial charge in [-0.25, -0.2) is 8.42 Å². The summed E-state index contributed by atoms with van der Waals surface area (Å²) in [7, 11) is -2.97. The molecule has 1 aromatic carbocycles. The third-order valence-corrected chi connectivity index (χ3v) is 5.99. The second kappa shape index (κ2) is 5.08. The summed E-state index contributed by atoms with van der Waals surface area (Å²) < 4.78 is 23.0. The average molecular weight is 322 g/mol. The van der Waals surface area contributed by atoms with Gasteiger partial charge in [-0.15, -0.1) is 0 Å². The number of carbonyl (C=O) groups excluding carboxylic acids is 2. The van der Waals surface area contributed by atoms with E-state index in [4.69, 9.17) is 0 Å². The molecule has 1 saturated heterocycles. The molecule has 0 bridgehead atoms. The molecule has 0 atom stereocenters. The van der Waals surface area contributed by atoms with Gasteiger partial charge in [0.05, 0.1) is 17.9 Å². The number of nitrogens with one attached hydrogen (secondary N) is 2. The Balaban J connectivity index is 1.73. The summed E-state index contributed by atoms with van der Waals surface area (Å²) in [6, 6.07) is 5.11. The van der Waals surface area contributed by atoms with E-state index in [1.54, 1.807) is 18.2 Å². The molecule has 3 rings (SSSR count). The van der Waals surface area contributed by atoms with E-state index < -0.39 is 15.4 Å². The minimum atomic E-state index is -2.97. The minimum absolute atomic E-state index is 0.0722. The molecule has 1 aromatic rings. The zero-order valence-electron chi connectivity index (χ0n) is 12.3. The molecule has 2 aliphatic rings. The number of hydrogen-bond donors (Lipinski definition) is 2. The average Bonchev–Trinajstić information content (AvgIpc) is 2.82. The van der Waals surface area contributed by atoms with Gasteiger partial charge in [-0.1, -0.05) is 0 Å². The fourth-order valence-electron chi connectivity index (χ4n) is 2.83. The topological polar surface area (TPSA) is 92.3 Å². The Hall–Kier alpha value is -1.89. The first-order chi connectivity index (χ1) is 10.3. The molecule has 6 nitrogen and oxygen atoms in total. The van der Waals surface area contributed by atoms with Crippen LogP contribution in [-0.4, -0.2) is 37.3 Å². The maximum Gasteiger partial charge on any atom is 0.251 e. The van der Waals surface area contributed by atoms with Gasteiger partial charge >= 0.3 is 0 Å². The molecule has 0 saturated carbocycles. The molecule has 2 aliphatic heterocycles. The number of hydrogen-bond acceptors (Lipinski definition) is 4. The molecule has 0 radical (unpaired) electrons. The van der Waals surface area contributed by atoms with Crippen molar-refractivity contribution in [2.75, 3.05) is 16.8 Å². The number of benzene rings is 1. The summed E-state index contributed by atoms with van der Waals surface area (Å²) in [5.41, 5.74) is 1.55. The van der Waals surface area contributed by atoms with E-state index in [2.05, 4.69) is 10.6 Å². The number of anilines is 1. The highest BCUT2D eigenvalue weighted by Crippen LogP contribution is 2.26. The Morgan fingerprint density at radius 3 is 2.64 bits per heavy atom. The molecule has 0 unspecified atom stereocenters. The summed E-state index contributed by atoms with van der Waals surface area (Å²) in [4.78, 5) is 23.7. The van der Waals surface area contributed by atoms with Crippen LogP contribution in [0.3, 0.4) is 0 Å². The maximum atomic E-state index is 12.4. The Morgan fingerprint density at radius 1 is 1.27 bits per heavy atom. The van der Waals surface area contributed by atoms with Crippen LogP contribution in [0.25, 0.3) is 0 Å². The van der Waals surface area contributed by atoms with Crippen LogP contribution in [0, 0.1) is 0 Å². The molecule has 2 heterocycles. The monoisotopic (exact) mass is 322 g/mol. The fourth-order valence-corrected chi connectivity index (χ4v) is 4.56. The van der Waals surface area contributed by atoms with Crippen LogP contribution in [0.1, 0.15) is 35.7 Å². The van der Waals surface area contributed by atoms with Crippen molar-refractivity contribution in [1.29, 1.82) is 0 Å². The second-order valence-electron chi connectivity index (χ2n) is 6.26. The van der Waals surface area contributed by atoms with Gasteiger partial charge in [0.15, 0.2) is 0 Å². The van der Waals surface area contributed by atoms with Crippen LogP contribution in [0.2, 0.25) is 0 Å². The molecule has 1 fully saturated rings. The lowest BCUT2D eigenvalue weighted by Crippen LogP contribution is -2.50.